The number of nitrogens with one attached hydrogen (secondary N) is 1. The molecule has 1 aliphatic rings. The van der Waals surface area contributed by atoms with Crippen LogP contribution in [0.2, 0.25) is 5.02 Å². The summed E-state index contributed by atoms with van der Waals surface area (Å²) in [5, 5.41) is 3.08. The molecule has 10 heteroatoms. The number of hydrogen-bond acceptors (Lipinski definition) is 5. The molecule has 0 bridgehead atoms. The number of para-hydroxylation sites is 2. The number of primary amides is 1. The van der Waals surface area contributed by atoms with E-state index in [4.69, 9.17) is 22.1 Å². The number of amides is 2. The van der Waals surface area contributed by atoms with Crippen LogP contribution in [0.3, 0.4) is 0 Å². The second kappa shape index (κ2) is 8.52. The molecular weight excluding hydrogens is 454 g/mol. The molecule has 1 atom stereocenters. The molecule has 0 unspecified atom stereocenters. The van der Waals surface area contributed by atoms with Gasteiger partial charge in [0.1, 0.15) is 5.75 Å². The number of fused-ring (bicyclic) bond motifs is 1. The van der Waals surface area contributed by atoms with Crippen LogP contribution in [-0.4, -0.2) is 32.9 Å². The van der Waals surface area contributed by atoms with E-state index < -0.39 is 27.9 Å². The highest BCUT2D eigenvalue weighted by Crippen LogP contribution is 2.37. The van der Waals surface area contributed by atoms with E-state index in [-0.39, 0.29) is 17.2 Å². The standard InChI is InChI=1S/C22H18ClN3O5S/c23-15-7-11-17(12-8-15)32(29,30)26-13-20(31-19-4-2-1-3-18(19)26)22(28)25-16-9-5-14(6-10-16)21(24)27/h1-12,20H,13H2,(H2,24,27)(H,25,28)/t20-/m0/s1. The van der Waals surface area contributed by atoms with Gasteiger partial charge in [-0.15, -0.1) is 0 Å². The molecule has 164 valence electrons. The first kappa shape index (κ1) is 21.7. The molecule has 2 amide bonds. The lowest BCUT2D eigenvalue weighted by Crippen LogP contribution is -2.48. The van der Waals surface area contributed by atoms with Crippen molar-refractivity contribution in [1.82, 2.24) is 0 Å². The van der Waals surface area contributed by atoms with Gasteiger partial charge in [-0.1, -0.05) is 23.7 Å². The Morgan fingerprint density at radius 2 is 1.66 bits per heavy atom. The molecule has 1 heterocycles. The van der Waals surface area contributed by atoms with Gasteiger partial charge in [0.05, 0.1) is 17.1 Å². The number of halogens is 1. The van der Waals surface area contributed by atoms with Crippen molar-refractivity contribution < 1.29 is 22.7 Å². The van der Waals surface area contributed by atoms with Crippen LogP contribution >= 0.6 is 11.6 Å². The summed E-state index contributed by atoms with van der Waals surface area (Å²) >= 11 is 5.89. The smallest absolute Gasteiger partial charge is 0.267 e. The number of nitrogens with zero attached hydrogens (tertiary/aromatic N) is 1. The maximum atomic E-state index is 13.3. The van der Waals surface area contributed by atoms with Crippen molar-refractivity contribution in [2.45, 2.75) is 11.0 Å². The van der Waals surface area contributed by atoms with Gasteiger partial charge in [-0.2, -0.15) is 0 Å². The Kier molecular flexibility index (Phi) is 5.77. The molecule has 32 heavy (non-hydrogen) atoms. The van der Waals surface area contributed by atoms with E-state index in [0.717, 1.165) is 4.31 Å². The normalized spacial score (nSPS) is 15.4. The van der Waals surface area contributed by atoms with Gasteiger partial charge in [0.15, 0.2) is 6.10 Å². The van der Waals surface area contributed by atoms with Crippen LogP contribution in [0.4, 0.5) is 11.4 Å². The van der Waals surface area contributed by atoms with E-state index in [0.29, 0.717) is 22.0 Å². The summed E-state index contributed by atoms with van der Waals surface area (Å²) in [4.78, 5) is 24.1. The largest absolute Gasteiger partial charge is 0.476 e. The molecule has 3 N–H and O–H groups in total. The SMILES string of the molecule is NC(=O)c1ccc(NC(=O)[C@@H]2CN(S(=O)(=O)c3ccc(Cl)cc3)c3ccccc3O2)cc1. The molecule has 0 saturated carbocycles. The zero-order valence-corrected chi connectivity index (χ0v) is 18.1. The third-order valence-electron chi connectivity index (χ3n) is 4.87. The van der Waals surface area contributed by atoms with Gasteiger partial charge < -0.3 is 15.8 Å². The van der Waals surface area contributed by atoms with Gasteiger partial charge in [0.2, 0.25) is 5.91 Å². The molecule has 0 fully saturated rings. The van der Waals surface area contributed by atoms with E-state index in [1.807, 2.05) is 0 Å². The quantitative estimate of drug-likeness (QED) is 0.592. The molecular formula is C22H18ClN3O5S. The van der Waals surface area contributed by atoms with Crippen molar-refractivity contribution in [1.29, 1.82) is 0 Å². The number of carbonyl (C=O) groups excluding carboxylic acids is 2. The fourth-order valence-electron chi connectivity index (χ4n) is 3.24. The Bertz CT molecular complexity index is 1280. The van der Waals surface area contributed by atoms with Crippen molar-refractivity contribution in [3.63, 3.8) is 0 Å². The summed E-state index contributed by atoms with van der Waals surface area (Å²) in [5.74, 6) is -0.860. The van der Waals surface area contributed by atoms with Crippen molar-refractivity contribution in [2.75, 3.05) is 16.2 Å². The topological polar surface area (TPSA) is 119 Å². The number of benzene rings is 3. The van der Waals surface area contributed by atoms with E-state index in [1.54, 1.807) is 24.3 Å². The molecule has 3 aromatic carbocycles. The van der Waals surface area contributed by atoms with Crippen molar-refractivity contribution in [2.24, 2.45) is 5.73 Å². The second-order valence-electron chi connectivity index (χ2n) is 7.00. The second-order valence-corrected chi connectivity index (χ2v) is 9.29. The highest BCUT2D eigenvalue weighted by Gasteiger charge is 2.37. The summed E-state index contributed by atoms with van der Waals surface area (Å²) in [5.41, 5.74) is 6.26. The molecule has 0 spiro atoms. The summed E-state index contributed by atoms with van der Waals surface area (Å²) in [6.07, 6.45) is -1.11. The Morgan fingerprint density at radius 1 is 1.00 bits per heavy atom. The molecule has 1 aliphatic heterocycles. The molecule has 0 radical (unpaired) electrons. The maximum absolute atomic E-state index is 13.3. The van der Waals surface area contributed by atoms with Gasteiger partial charge in [-0.3, -0.25) is 13.9 Å². The van der Waals surface area contributed by atoms with Crippen molar-refractivity contribution in [3.8, 4) is 5.75 Å². The third-order valence-corrected chi connectivity index (χ3v) is 6.91. The zero-order chi connectivity index (χ0) is 22.9. The Hall–Kier alpha value is -3.56. The number of ether oxygens (including phenoxy) is 1. The van der Waals surface area contributed by atoms with E-state index in [1.165, 1.54) is 48.5 Å². The highest BCUT2D eigenvalue weighted by atomic mass is 35.5. The first-order valence-electron chi connectivity index (χ1n) is 9.50. The molecule has 0 saturated heterocycles. The van der Waals surface area contributed by atoms with Crippen molar-refractivity contribution >= 4 is 44.8 Å². The van der Waals surface area contributed by atoms with Crippen molar-refractivity contribution in [3.05, 3.63) is 83.4 Å². The first-order chi connectivity index (χ1) is 15.3. The lowest BCUT2D eigenvalue weighted by atomic mass is 10.2. The molecule has 4 rings (SSSR count). The van der Waals surface area contributed by atoms with Gasteiger partial charge in [-0.05, 0) is 60.7 Å². The van der Waals surface area contributed by atoms with Crippen LogP contribution in [0.25, 0.3) is 0 Å². The third kappa shape index (κ3) is 4.25. The van der Waals surface area contributed by atoms with Crippen LogP contribution in [0.5, 0.6) is 5.75 Å². The maximum Gasteiger partial charge on any atom is 0.267 e. The minimum absolute atomic E-state index is 0.0415. The number of anilines is 2. The fourth-order valence-corrected chi connectivity index (χ4v) is 4.84. The van der Waals surface area contributed by atoms with Gasteiger partial charge >= 0.3 is 0 Å². The van der Waals surface area contributed by atoms with Crippen LogP contribution in [0, 0.1) is 0 Å². The zero-order valence-electron chi connectivity index (χ0n) is 16.6. The number of hydrogen-bond donors (Lipinski definition) is 2. The summed E-state index contributed by atoms with van der Waals surface area (Å²) in [6, 6.07) is 18.4. The molecule has 8 nitrogen and oxygen atoms in total. The van der Waals surface area contributed by atoms with E-state index in [9.17, 15) is 18.0 Å². The van der Waals surface area contributed by atoms with Gasteiger partial charge in [-0.25, -0.2) is 8.42 Å². The monoisotopic (exact) mass is 471 g/mol. The Balaban J connectivity index is 1.62. The van der Waals surface area contributed by atoms with Crippen LogP contribution in [-0.2, 0) is 14.8 Å². The average molecular weight is 472 g/mol. The lowest BCUT2D eigenvalue weighted by Gasteiger charge is -2.34. The molecule has 0 aliphatic carbocycles. The summed E-state index contributed by atoms with van der Waals surface area (Å²) in [6.45, 7) is -0.229. The fraction of sp³-hybridized carbons (Fsp3) is 0.0909. The highest BCUT2D eigenvalue weighted by molar-refractivity contribution is 7.92. The minimum Gasteiger partial charge on any atom is -0.476 e. The predicted octanol–water partition coefficient (Wildman–Crippen LogP) is 3.03. The van der Waals surface area contributed by atoms with Crippen LogP contribution < -0.4 is 20.1 Å². The number of nitrogens with two attached hydrogens (primary N) is 1. The van der Waals surface area contributed by atoms with Crippen LogP contribution in [0.15, 0.2) is 77.7 Å². The Morgan fingerprint density at radius 3 is 2.31 bits per heavy atom. The predicted molar refractivity (Wildman–Crippen MR) is 120 cm³/mol. The molecule has 3 aromatic rings. The summed E-state index contributed by atoms with van der Waals surface area (Å²) in [7, 11) is -3.98. The average Bonchev–Trinajstić information content (AvgIpc) is 2.79. The van der Waals surface area contributed by atoms with Crippen LogP contribution in [0.1, 0.15) is 10.4 Å². The van der Waals surface area contributed by atoms with Gasteiger partial charge in [0.25, 0.3) is 15.9 Å². The van der Waals surface area contributed by atoms with Gasteiger partial charge in [0, 0.05) is 16.3 Å². The minimum atomic E-state index is -3.98. The number of carbonyl (C=O) groups is 2. The summed E-state index contributed by atoms with van der Waals surface area (Å²) < 4.78 is 33.6. The number of rotatable bonds is 5. The number of sulfonamides is 1. The Labute approximate surface area is 189 Å². The van der Waals surface area contributed by atoms with E-state index in [2.05, 4.69) is 5.32 Å². The first-order valence-corrected chi connectivity index (χ1v) is 11.3. The molecule has 0 aromatic heterocycles. The lowest BCUT2D eigenvalue weighted by molar-refractivity contribution is -0.122. The van der Waals surface area contributed by atoms with E-state index >= 15 is 0 Å².